The van der Waals surface area contributed by atoms with Crippen molar-refractivity contribution in [2.45, 2.75) is 32.3 Å². The van der Waals surface area contributed by atoms with E-state index in [1.54, 1.807) is 18.2 Å². The molecule has 0 heterocycles. The summed E-state index contributed by atoms with van der Waals surface area (Å²) in [7, 11) is 0. The van der Waals surface area contributed by atoms with Gasteiger partial charge >= 0.3 is 0 Å². The molecule has 1 amide bonds. The van der Waals surface area contributed by atoms with Gasteiger partial charge in [-0.1, -0.05) is 25.4 Å². The summed E-state index contributed by atoms with van der Waals surface area (Å²) in [4.78, 5) is 12.0. The monoisotopic (exact) mass is 333 g/mol. The normalized spacial score (nSPS) is 11.4. The minimum Gasteiger partial charge on any atom is -0.388 e. The Labute approximate surface area is 121 Å². The molecule has 1 rings (SSSR count). The van der Waals surface area contributed by atoms with Gasteiger partial charge < -0.3 is 10.4 Å². The summed E-state index contributed by atoms with van der Waals surface area (Å²) in [6, 6.07) is 5.03. The van der Waals surface area contributed by atoms with Crippen molar-refractivity contribution in [1.29, 1.82) is 0 Å². The number of rotatable bonds is 5. The lowest BCUT2D eigenvalue weighted by molar-refractivity contribution is 0.0314. The zero-order valence-corrected chi connectivity index (χ0v) is 12.8. The van der Waals surface area contributed by atoms with E-state index in [9.17, 15) is 9.90 Å². The number of nitrogens with one attached hydrogen (secondary N) is 1. The summed E-state index contributed by atoms with van der Waals surface area (Å²) in [5.41, 5.74) is -0.377. The Morgan fingerprint density at radius 1 is 1.44 bits per heavy atom. The highest BCUT2D eigenvalue weighted by Crippen LogP contribution is 2.21. The second kappa shape index (κ2) is 6.55. The van der Waals surface area contributed by atoms with E-state index in [0.717, 1.165) is 0 Å². The van der Waals surface area contributed by atoms with Crippen molar-refractivity contribution in [3.63, 3.8) is 0 Å². The van der Waals surface area contributed by atoms with Gasteiger partial charge in [-0.05, 0) is 47.0 Å². The molecule has 0 unspecified atom stereocenters. The first-order valence-corrected chi connectivity index (χ1v) is 7.04. The molecule has 0 aromatic heterocycles. The first kappa shape index (κ1) is 15.5. The van der Waals surface area contributed by atoms with Crippen LogP contribution < -0.4 is 5.32 Å². The van der Waals surface area contributed by atoms with E-state index in [2.05, 4.69) is 21.2 Å². The van der Waals surface area contributed by atoms with E-state index in [1.807, 2.05) is 13.8 Å². The molecule has 0 atom stereocenters. The molecule has 0 aliphatic heterocycles. The van der Waals surface area contributed by atoms with Crippen LogP contribution in [0.15, 0.2) is 22.7 Å². The van der Waals surface area contributed by atoms with Crippen molar-refractivity contribution in [2.75, 3.05) is 6.54 Å². The lowest BCUT2D eigenvalue weighted by Gasteiger charge is -2.25. The molecule has 0 radical (unpaired) electrons. The summed E-state index contributed by atoms with van der Waals surface area (Å²) >= 11 is 9.16. The Morgan fingerprint density at radius 3 is 2.61 bits per heavy atom. The van der Waals surface area contributed by atoms with Crippen LogP contribution in [-0.2, 0) is 0 Å². The number of halogens is 2. The SMILES string of the molecule is CCC(O)(CC)CNC(=O)c1cc(Cl)ccc1Br. The fourth-order valence-corrected chi connectivity index (χ4v) is 2.11. The van der Waals surface area contributed by atoms with Gasteiger partial charge in [0, 0.05) is 16.0 Å². The molecule has 1 aromatic carbocycles. The predicted octanol–water partition coefficient (Wildman–Crippen LogP) is 3.38. The molecule has 5 heteroatoms. The van der Waals surface area contributed by atoms with Crippen molar-refractivity contribution < 1.29 is 9.90 Å². The minimum atomic E-state index is -0.847. The smallest absolute Gasteiger partial charge is 0.252 e. The Kier molecular flexibility index (Phi) is 5.63. The first-order valence-electron chi connectivity index (χ1n) is 5.87. The lowest BCUT2D eigenvalue weighted by Crippen LogP contribution is -2.42. The summed E-state index contributed by atoms with van der Waals surface area (Å²) in [6.07, 6.45) is 1.20. The maximum Gasteiger partial charge on any atom is 0.252 e. The Morgan fingerprint density at radius 2 is 2.06 bits per heavy atom. The molecular formula is C13H17BrClNO2. The molecule has 18 heavy (non-hydrogen) atoms. The molecule has 0 fully saturated rings. The zero-order valence-electron chi connectivity index (χ0n) is 10.5. The van der Waals surface area contributed by atoms with Crippen molar-refractivity contribution in [3.8, 4) is 0 Å². The van der Waals surface area contributed by atoms with Gasteiger partial charge in [-0.25, -0.2) is 0 Å². The number of aliphatic hydroxyl groups is 1. The van der Waals surface area contributed by atoms with Crippen molar-refractivity contribution in [3.05, 3.63) is 33.3 Å². The maximum atomic E-state index is 12.0. The topological polar surface area (TPSA) is 49.3 Å². The zero-order chi connectivity index (χ0) is 13.8. The van der Waals surface area contributed by atoms with E-state index >= 15 is 0 Å². The van der Waals surface area contributed by atoms with Crippen LogP contribution in [0, 0.1) is 0 Å². The molecule has 0 aliphatic rings. The highest BCUT2D eigenvalue weighted by molar-refractivity contribution is 9.10. The number of carbonyl (C=O) groups is 1. The van der Waals surface area contributed by atoms with Gasteiger partial charge in [-0.3, -0.25) is 4.79 Å². The van der Waals surface area contributed by atoms with Gasteiger partial charge in [0.15, 0.2) is 0 Å². The molecule has 0 saturated carbocycles. The van der Waals surface area contributed by atoms with E-state index < -0.39 is 5.60 Å². The average molecular weight is 335 g/mol. The summed E-state index contributed by atoms with van der Waals surface area (Å²) in [6.45, 7) is 4.02. The van der Waals surface area contributed by atoms with Crippen LogP contribution in [0.3, 0.4) is 0 Å². The minimum absolute atomic E-state index is 0.234. The lowest BCUT2D eigenvalue weighted by atomic mass is 9.97. The molecule has 100 valence electrons. The van der Waals surface area contributed by atoms with Crippen LogP contribution in [0.2, 0.25) is 5.02 Å². The van der Waals surface area contributed by atoms with Crippen LogP contribution in [-0.4, -0.2) is 23.2 Å². The third-order valence-electron chi connectivity index (χ3n) is 3.07. The maximum absolute atomic E-state index is 12.0. The second-order valence-electron chi connectivity index (χ2n) is 4.24. The summed E-state index contributed by atoms with van der Waals surface area (Å²) in [5, 5.41) is 13.3. The molecule has 0 saturated heterocycles. The van der Waals surface area contributed by atoms with Crippen molar-refractivity contribution >= 4 is 33.4 Å². The first-order chi connectivity index (χ1) is 8.41. The molecule has 0 aliphatic carbocycles. The highest BCUT2D eigenvalue weighted by Gasteiger charge is 2.23. The molecule has 0 bridgehead atoms. The third-order valence-corrected chi connectivity index (χ3v) is 3.99. The predicted molar refractivity (Wildman–Crippen MR) is 77.0 cm³/mol. The number of amides is 1. The Balaban J connectivity index is 2.74. The molecule has 3 nitrogen and oxygen atoms in total. The van der Waals surface area contributed by atoms with Crippen LogP contribution in [0.4, 0.5) is 0 Å². The van der Waals surface area contributed by atoms with E-state index in [4.69, 9.17) is 11.6 Å². The Hall–Kier alpha value is -0.580. The van der Waals surface area contributed by atoms with Gasteiger partial charge in [0.1, 0.15) is 0 Å². The quantitative estimate of drug-likeness (QED) is 0.867. The third kappa shape index (κ3) is 3.97. The largest absolute Gasteiger partial charge is 0.388 e. The van der Waals surface area contributed by atoms with E-state index in [1.165, 1.54) is 0 Å². The van der Waals surface area contributed by atoms with Crippen molar-refractivity contribution in [1.82, 2.24) is 5.32 Å². The van der Waals surface area contributed by atoms with Gasteiger partial charge in [0.25, 0.3) is 5.91 Å². The van der Waals surface area contributed by atoms with Crippen LogP contribution in [0.5, 0.6) is 0 Å². The van der Waals surface area contributed by atoms with Gasteiger partial charge in [-0.15, -0.1) is 0 Å². The average Bonchev–Trinajstić information content (AvgIpc) is 2.38. The number of benzene rings is 1. The van der Waals surface area contributed by atoms with Crippen LogP contribution in [0.25, 0.3) is 0 Å². The van der Waals surface area contributed by atoms with E-state index in [-0.39, 0.29) is 12.5 Å². The number of carbonyl (C=O) groups excluding carboxylic acids is 1. The van der Waals surface area contributed by atoms with Crippen LogP contribution in [0.1, 0.15) is 37.0 Å². The van der Waals surface area contributed by atoms with Gasteiger partial charge in [0.05, 0.1) is 11.2 Å². The van der Waals surface area contributed by atoms with Gasteiger partial charge in [-0.2, -0.15) is 0 Å². The highest BCUT2D eigenvalue weighted by atomic mass is 79.9. The van der Waals surface area contributed by atoms with Crippen LogP contribution >= 0.6 is 27.5 Å². The molecule has 2 N–H and O–H groups in total. The number of hydrogen-bond acceptors (Lipinski definition) is 2. The molecule has 0 spiro atoms. The standard InChI is InChI=1S/C13H17BrClNO2/c1-3-13(18,4-2)8-16-12(17)10-7-9(15)5-6-11(10)14/h5-7,18H,3-4,8H2,1-2H3,(H,16,17). The Bertz CT molecular complexity index is 433. The number of hydrogen-bond donors (Lipinski definition) is 2. The van der Waals surface area contributed by atoms with Gasteiger partial charge in [0.2, 0.25) is 0 Å². The van der Waals surface area contributed by atoms with Crippen molar-refractivity contribution in [2.24, 2.45) is 0 Å². The fraction of sp³-hybridized carbons (Fsp3) is 0.462. The van der Waals surface area contributed by atoms with E-state index in [0.29, 0.717) is 27.9 Å². The summed E-state index contributed by atoms with van der Waals surface area (Å²) in [5.74, 6) is -0.246. The fourth-order valence-electron chi connectivity index (χ4n) is 1.51. The summed E-state index contributed by atoms with van der Waals surface area (Å²) < 4.78 is 0.681. The molecular weight excluding hydrogens is 318 g/mol. The molecule has 1 aromatic rings. The second-order valence-corrected chi connectivity index (χ2v) is 5.53.